The van der Waals surface area contributed by atoms with Crippen LogP contribution in [-0.4, -0.2) is 30.5 Å². The van der Waals surface area contributed by atoms with E-state index in [1.54, 1.807) is 19.1 Å². The van der Waals surface area contributed by atoms with E-state index in [0.29, 0.717) is 17.2 Å². The molecule has 0 radical (unpaired) electrons. The predicted octanol–water partition coefficient (Wildman–Crippen LogP) is 2.46. The Morgan fingerprint density at radius 1 is 1.13 bits per heavy atom. The molecule has 152 valence electrons. The van der Waals surface area contributed by atoms with Crippen LogP contribution in [0.3, 0.4) is 0 Å². The number of aromatic nitrogens is 5. The summed E-state index contributed by atoms with van der Waals surface area (Å²) >= 11 is 0. The van der Waals surface area contributed by atoms with E-state index in [0.717, 1.165) is 16.8 Å². The highest BCUT2D eigenvalue weighted by Gasteiger charge is 2.18. The van der Waals surface area contributed by atoms with Gasteiger partial charge in [0.1, 0.15) is 22.9 Å². The molecule has 1 N–H and O–H groups in total. The highest BCUT2D eigenvalue weighted by molar-refractivity contribution is 6.04. The molecule has 0 aliphatic rings. The second-order valence-corrected chi connectivity index (χ2v) is 6.34. The fourth-order valence-electron chi connectivity index (χ4n) is 2.75. The van der Waals surface area contributed by atoms with E-state index >= 15 is 0 Å². The van der Waals surface area contributed by atoms with Crippen LogP contribution in [0.1, 0.15) is 16.1 Å². The second-order valence-electron chi connectivity index (χ2n) is 6.34. The van der Waals surface area contributed by atoms with Gasteiger partial charge in [-0.1, -0.05) is 6.07 Å². The average Bonchev–Trinajstić information content (AvgIpc) is 3.25. The first kappa shape index (κ1) is 19.2. The van der Waals surface area contributed by atoms with Gasteiger partial charge in [-0.25, -0.2) is 23.2 Å². The van der Waals surface area contributed by atoms with Gasteiger partial charge in [-0.3, -0.25) is 4.79 Å². The number of benzene rings is 1. The first-order chi connectivity index (χ1) is 14.3. The van der Waals surface area contributed by atoms with Crippen molar-refractivity contribution in [3.63, 3.8) is 0 Å². The number of nitrogens with zero attached hydrogens (tertiary/aromatic N) is 5. The van der Waals surface area contributed by atoms with Crippen LogP contribution in [0.5, 0.6) is 0 Å². The van der Waals surface area contributed by atoms with Crippen molar-refractivity contribution in [1.82, 2.24) is 24.5 Å². The second kappa shape index (κ2) is 7.35. The third kappa shape index (κ3) is 3.48. The Morgan fingerprint density at radius 2 is 1.87 bits per heavy atom. The molecule has 0 bridgehead atoms. The fourth-order valence-corrected chi connectivity index (χ4v) is 2.75. The Balaban J connectivity index is 1.57. The van der Waals surface area contributed by atoms with Gasteiger partial charge in [0.2, 0.25) is 0 Å². The summed E-state index contributed by atoms with van der Waals surface area (Å²) in [7, 11) is 1.46. The molecule has 1 aromatic carbocycles. The van der Waals surface area contributed by atoms with Crippen LogP contribution < -0.4 is 11.1 Å². The van der Waals surface area contributed by atoms with Crippen LogP contribution >= 0.6 is 0 Å². The van der Waals surface area contributed by atoms with Crippen LogP contribution in [0.25, 0.3) is 17.4 Å². The average molecular weight is 412 g/mol. The molecule has 1 amide bonds. The Morgan fingerprint density at radius 3 is 2.47 bits per heavy atom. The van der Waals surface area contributed by atoms with Crippen LogP contribution in [0.4, 0.5) is 14.5 Å². The monoisotopic (exact) mass is 412 g/mol. The number of amides is 1. The molecule has 4 rings (SSSR count). The van der Waals surface area contributed by atoms with Crippen LogP contribution in [-0.2, 0) is 7.05 Å². The number of carbonyl (C=O) groups is 1. The molecule has 11 heteroatoms. The maximum absolute atomic E-state index is 13.7. The zero-order chi connectivity index (χ0) is 21.4. The number of aryl methyl sites for hydroxylation is 2. The summed E-state index contributed by atoms with van der Waals surface area (Å²) in [6.45, 7) is 1.77. The summed E-state index contributed by atoms with van der Waals surface area (Å²) in [6, 6.07) is 7.92. The zero-order valence-corrected chi connectivity index (χ0v) is 15.8. The van der Waals surface area contributed by atoms with Gasteiger partial charge >= 0.3 is 5.76 Å². The minimum Gasteiger partial charge on any atom is -0.386 e. The maximum atomic E-state index is 13.7. The number of nitrogens with one attached hydrogen (secondary N) is 1. The first-order valence-corrected chi connectivity index (χ1v) is 8.66. The summed E-state index contributed by atoms with van der Waals surface area (Å²) in [6.07, 6.45) is 1.33. The van der Waals surface area contributed by atoms with E-state index in [2.05, 4.69) is 20.5 Å². The molecule has 0 aliphatic heterocycles. The summed E-state index contributed by atoms with van der Waals surface area (Å²) in [5.41, 5.74) is 0.605. The number of hydrogen-bond acceptors (Lipinski definition) is 6. The molecule has 0 saturated heterocycles. The van der Waals surface area contributed by atoms with E-state index in [4.69, 9.17) is 4.42 Å². The lowest BCUT2D eigenvalue weighted by Gasteiger charge is -2.08. The molecular weight excluding hydrogens is 398 g/mol. The van der Waals surface area contributed by atoms with Gasteiger partial charge in [0.25, 0.3) is 11.8 Å². The van der Waals surface area contributed by atoms with Crippen molar-refractivity contribution in [2.45, 2.75) is 6.92 Å². The summed E-state index contributed by atoms with van der Waals surface area (Å²) in [5, 5.41) is 10.7. The van der Waals surface area contributed by atoms with Crippen molar-refractivity contribution in [3.8, 4) is 17.4 Å². The first-order valence-electron chi connectivity index (χ1n) is 8.66. The molecule has 0 atom stereocenters. The summed E-state index contributed by atoms with van der Waals surface area (Å²) in [4.78, 5) is 27.8. The van der Waals surface area contributed by atoms with Gasteiger partial charge in [0.15, 0.2) is 5.82 Å². The predicted molar refractivity (Wildman–Crippen MR) is 101 cm³/mol. The van der Waals surface area contributed by atoms with E-state index in [1.807, 2.05) is 0 Å². The summed E-state index contributed by atoms with van der Waals surface area (Å²) in [5.74, 6) is -2.98. The van der Waals surface area contributed by atoms with Gasteiger partial charge < -0.3 is 9.73 Å². The number of halogens is 2. The maximum Gasteiger partial charge on any atom is 0.437 e. The quantitative estimate of drug-likeness (QED) is 0.552. The molecule has 0 fully saturated rings. The zero-order valence-electron chi connectivity index (χ0n) is 15.8. The van der Waals surface area contributed by atoms with Gasteiger partial charge in [-0.2, -0.15) is 9.78 Å². The van der Waals surface area contributed by atoms with Crippen molar-refractivity contribution in [2.24, 2.45) is 7.05 Å². The lowest BCUT2D eigenvalue weighted by molar-refractivity contribution is 0.101. The van der Waals surface area contributed by atoms with Crippen molar-refractivity contribution in [1.29, 1.82) is 0 Å². The Hall–Kier alpha value is -4.15. The molecule has 3 aromatic heterocycles. The van der Waals surface area contributed by atoms with Crippen molar-refractivity contribution in [3.05, 3.63) is 76.0 Å². The third-order valence-corrected chi connectivity index (χ3v) is 4.21. The van der Waals surface area contributed by atoms with E-state index in [-0.39, 0.29) is 11.6 Å². The number of anilines is 1. The third-order valence-electron chi connectivity index (χ3n) is 4.21. The van der Waals surface area contributed by atoms with Gasteiger partial charge in [-0.15, -0.1) is 5.10 Å². The molecule has 9 nitrogen and oxygen atoms in total. The molecular formula is C19H14F2N6O3. The molecule has 4 aromatic rings. The molecule has 30 heavy (non-hydrogen) atoms. The number of rotatable bonds is 4. The van der Waals surface area contributed by atoms with E-state index in [9.17, 15) is 18.4 Å². The topological polar surface area (TPSA) is 108 Å². The SMILES string of the molecule is Cc1cc(-c2nn(C)c(=O)o2)nn1-c1ccc(NC(=O)c2c(F)cccc2F)cn1. The van der Waals surface area contributed by atoms with E-state index in [1.165, 1.54) is 30.1 Å². The van der Waals surface area contributed by atoms with Gasteiger partial charge in [0, 0.05) is 12.7 Å². The normalized spacial score (nSPS) is 10.9. The molecule has 0 aliphatic carbocycles. The summed E-state index contributed by atoms with van der Waals surface area (Å²) < 4.78 is 35.0. The number of carbonyl (C=O) groups excluding carboxylic acids is 1. The minimum absolute atomic E-state index is 0.0696. The minimum atomic E-state index is -0.960. The molecule has 0 saturated carbocycles. The van der Waals surface area contributed by atoms with Gasteiger partial charge in [0.05, 0.1) is 11.9 Å². The largest absolute Gasteiger partial charge is 0.437 e. The van der Waals surface area contributed by atoms with Gasteiger partial charge in [-0.05, 0) is 37.3 Å². The Labute approximate surface area is 167 Å². The van der Waals surface area contributed by atoms with Crippen LogP contribution in [0.2, 0.25) is 0 Å². The fraction of sp³-hybridized carbons (Fsp3) is 0.105. The van der Waals surface area contributed by atoms with Crippen molar-refractivity contribution >= 4 is 11.6 Å². The highest BCUT2D eigenvalue weighted by atomic mass is 19.1. The lowest BCUT2D eigenvalue weighted by atomic mass is 10.2. The van der Waals surface area contributed by atoms with Crippen molar-refractivity contribution in [2.75, 3.05) is 5.32 Å². The molecule has 0 unspecified atom stereocenters. The lowest BCUT2D eigenvalue weighted by Crippen LogP contribution is -2.16. The Kier molecular flexibility index (Phi) is 4.70. The Bertz CT molecular complexity index is 1290. The number of pyridine rings is 1. The van der Waals surface area contributed by atoms with Crippen molar-refractivity contribution < 1.29 is 18.0 Å². The molecule has 0 spiro atoms. The molecule has 3 heterocycles. The number of hydrogen-bond donors (Lipinski definition) is 1. The van der Waals surface area contributed by atoms with E-state index < -0.39 is 28.9 Å². The highest BCUT2D eigenvalue weighted by Crippen LogP contribution is 2.19. The van der Waals surface area contributed by atoms with Crippen LogP contribution in [0, 0.1) is 18.6 Å². The standard InChI is InChI=1S/C19H14F2N6O3/c1-10-8-14(18-25-26(2)19(29)30-18)24-27(10)15-7-6-11(9-22-15)23-17(28)16-12(20)4-3-5-13(16)21/h3-9H,1-2H3,(H,23,28). The van der Waals surface area contributed by atoms with Crippen LogP contribution in [0.15, 0.2) is 51.8 Å². The smallest absolute Gasteiger partial charge is 0.386 e.